The summed E-state index contributed by atoms with van der Waals surface area (Å²) in [6.45, 7) is 1.75. The first kappa shape index (κ1) is 5.22. The molecule has 0 aliphatic rings. The average Bonchev–Trinajstić information content (AvgIpc) is 1.64. The van der Waals surface area contributed by atoms with Gasteiger partial charge in [0.05, 0.1) is 12.4 Å². The van der Waals surface area contributed by atoms with E-state index in [2.05, 4.69) is 11.2 Å². The van der Waals surface area contributed by atoms with Crippen LogP contribution in [0.5, 0.6) is 0 Å². The number of nitrogens with zero attached hydrogens (tertiary/aromatic N) is 1. The van der Waals surface area contributed by atoms with Crippen LogP contribution in [0.3, 0.4) is 0 Å². The fourth-order valence-corrected chi connectivity index (χ4v) is 0.472. The van der Waals surface area contributed by atoms with Gasteiger partial charge in [0.2, 0.25) is 0 Å². The van der Waals surface area contributed by atoms with Crippen LogP contribution in [0.2, 0.25) is 0 Å². The largest absolute Gasteiger partial charge is 0.251 e. The van der Waals surface area contributed by atoms with Crippen LogP contribution >= 0.6 is 0 Å². The summed E-state index contributed by atoms with van der Waals surface area (Å²) < 4.78 is 12.1. The van der Waals surface area contributed by atoms with Crippen LogP contribution in [0, 0.1) is 18.9 Å². The first-order chi connectivity index (χ1) is 3.79. The Bertz CT molecular complexity index is 168. The van der Waals surface area contributed by atoms with Gasteiger partial charge in [0.25, 0.3) is 0 Å². The smallest absolute Gasteiger partial charge is 0.141 e. The van der Waals surface area contributed by atoms with Crippen LogP contribution in [0.1, 0.15) is 5.56 Å². The maximum atomic E-state index is 12.1. The van der Waals surface area contributed by atoms with E-state index in [0.29, 0.717) is 0 Å². The molecule has 0 N–H and O–H groups in total. The van der Waals surface area contributed by atoms with Gasteiger partial charge >= 0.3 is 0 Å². The minimum Gasteiger partial charge on any atom is -0.251 e. The van der Waals surface area contributed by atoms with E-state index in [9.17, 15) is 4.39 Å². The molecule has 41 valence electrons. The summed E-state index contributed by atoms with van der Waals surface area (Å²) in [4.78, 5) is 3.48. The third kappa shape index (κ3) is 1.03. The lowest BCUT2D eigenvalue weighted by molar-refractivity contribution is 0.619. The molecule has 0 aliphatic heterocycles. The van der Waals surface area contributed by atoms with Gasteiger partial charge in [-0.25, -0.2) is 4.39 Å². The van der Waals surface area contributed by atoms with Crippen LogP contribution in [-0.4, -0.2) is 4.98 Å². The van der Waals surface area contributed by atoms with Crippen LogP contribution < -0.4 is 0 Å². The monoisotopic (exact) mass is 110 g/mol. The van der Waals surface area contributed by atoms with Crippen molar-refractivity contribution >= 4 is 0 Å². The molecule has 2 heteroatoms. The predicted octanol–water partition coefficient (Wildman–Crippen LogP) is 1.33. The topological polar surface area (TPSA) is 12.9 Å². The van der Waals surface area contributed by atoms with Crippen LogP contribution in [-0.2, 0) is 0 Å². The van der Waals surface area contributed by atoms with Crippen molar-refractivity contribution in [3.05, 3.63) is 29.8 Å². The number of rotatable bonds is 0. The van der Waals surface area contributed by atoms with E-state index in [0.717, 1.165) is 11.8 Å². The number of pyridine rings is 1. The van der Waals surface area contributed by atoms with E-state index in [-0.39, 0.29) is 5.82 Å². The molecule has 0 saturated heterocycles. The molecule has 0 aromatic carbocycles. The highest BCUT2D eigenvalue weighted by molar-refractivity contribution is 5.05. The molecule has 1 radical (unpaired) electrons. The quantitative estimate of drug-likeness (QED) is 0.491. The zero-order valence-electron chi connectivity index (χ0n) is 4.48. The molecule has 0 amide bonds. The Hall–Kier alpha value is -0.920. The Balaban J connectivity index is 3.08. The first-order valence-electron chi connectivity index (χ1n) is 2.29. The number of hydrogen-bond acceptors (Lipinski definition) is 1. The minimum atomic E-state index is -0.304. The van der Waals surface area contributed by atoms with Gasteiger partial charge in [0.15, 0.2) is 0 Å². The van der Waals surface area contributed by atoms with Gasteiger partial charge in [-0.2, -0.15) is 0 Å². The third-order valence-electron chi connectivity index (χ3n) is 0.783. The fourth-order valence-electron chi connectivity index (χ4n) is 0.472. The molecule has 0 spiro atoms. The van der Waals surface area contributed by atoms with Gasteiger partial charge in [-0.15, -0.1) is 0 Å². The SMILES string of the molecule is Cc1[c]ncc(F)c1. The Kier molecular flexibility index (Phi) is 1.24. The van der Waals surface area contributed by atoms with Crippen LogP contribution in [0.4, 0.5) is 4.39 Å². The summed E-state index contributed by atoms with van der Waals surface area (Å²) in [6, 6.07) is 1.38. The molecule has 8 heavy (non-hydrogen) atoms. The number of aromatic nitrogens is 1. The second-order valence-electron chi connectivity index (χ2n) is 1.58. The van der Waals surface area contributed by atoms with Crippen molar-refractivity contribution in [2.75, 3.05) is 0 Å². The summed E-state index contributed by atoms with van der Waals surface area (Å²) in [5.74, 6) is -0.304. The van der Waals surface area contributed by atoms with E-state index in [4.69, 9.17) is 0 Å². The molecule has 0 atom stereocenters. The maximum Gasteiger partial charge on any atom is 0.141 e. The minimum absolute atomic E-state index is 0.304. The molecule has 0 saturated carbocycles. The van der Waals surface area contributed by atoms with Gasteiger partial charge < -0.3 is 0 Å². The molecule has 1 rings (SSSR count). The number of hydrogen-bond donors (Lipinski definition) is 0. The fraction of sp³-hybridized carbons (Fsp3) is 0.167. The first-order valence-corrected chi connectivity index (χ1v) is 2.29. The Morgan fingerprint density at radius 1 is 1.75 bits per heavy atom. The van der Waals surface area contributed by atoms with Crippen molar-refractivity contribution in [3.63, 3.8) is 0 Å². The van der Waals surface area contributed by atoms with E-state index in [1.54, 1.807) is 6.92 Å². The Morgan fingerprint density at radius 2 is 2.50 bits per heavy atom. The zero-order valence-corrected chi connectivity index (χ0v) is 4.48. The Labute approximate surface area is 47.2 Å². The normalized spacial score (nSPS) is 9.25. The predicted molar refractivity (Wildman–Crippen MR) is 27.8 cm³/mol. The molecule has 0 bridgehead atoms. The van der Waals surface area contributed by atoms with Gasteiger partial charge in [0, 0.05) is 0 Å². The van der Waals surface area contributed by atoms with Crippen molar-refractivity contribution in [1.82, 2.24) is 4.98 Å². The third-order valence-corrected chi connectivity index (χ3v) is 0.783. The lowest BCUT2D eigenvalue weighted by atomic mass is 10.3. The van der Waals surface area contributed by atoms with Crippen molar-refractivity contribution in [1.29, 1.82) is 0 Å². The lowest BCUT2D eigenvalue weighted by Crippen LogP contribution is -1.78. The van der Waals surface area contributed by atoms with Gasteiger partial charge in [0.1, 0.15) is 5.82 Å². The van der Waals surface area contributed by atoms with Crippen molar-refractivity contribution in [3.8, 4) is 0 Å². The molecule has 0 unspecified atom stereocenters. The second-order valence-corrected chi connectivity index (χ2v) is 1.58. The summed E-state index contributed by atoms with van der Waals surface area (Å²) in [7, 11) is 0. The van der Waals surface area contributed by atoms with Gasteiger partial charge in [-0.3, -0.25) is 4.98 Å². The summed E-state index contributed by atoms with van der Waals surface area (Å²) in [6.07, 6.45) is 3.71. The summed E-state index contributed by atoms with van der Waals surface area (Å²) in [5, 5.41) is 0. The standard InChI is InChI=1S/C6H5FN/c1-5-2-6(7)4-8-3-5/h2,4H,1H3. The lowest BCUT2D eigenvalue weighted by Gasteiger charge is -1.85. The van der Waals surface area contributed by atoms with Crippen molar-refractivity contribution < 1.29 is 4.39 Å². The second kappa shape index (κ2) is 1.90. The van der Waals surface area contributed by atoms with Crippen LogP contribution in [0.15, 0.2) is 12.3 Å². The van der Waals surface area contributed by atoms with Gasteiger partial charge in [-0.05, 0) is 18.6 Å². The molecule has 1 aromatic rings. The molecule has 1 nitrogen and oxygen atoms in total. The number of halogens is 1. The maximum absolute atomic E-state index is 12.1. The summed E-state index contributed by atoms with van der Waals surface area (Å²) in [5.41, 5.74) is 0.727. The molecular weight excluding hydrogens is 105 g/mol. The Morgan fingerprint density at radius 3 is 2.88 bits per heavy atom. The zero-order chi connectivity index (χ0) is 5.98. The van der Waals surface area contributed by atoms with Crippen molar-refractivity contribution in [2.45, 2.75) is 6.92 Å². The molecule has 0 fully saturated rings. The number of aryl methyl sites for hydroxylation is 1. The highest BCUT2D eigenvalue weighted by atomic mass is 19.1. The highest BCUT2D eigenvalue weighted by Gasteiger charge is 1.86. The van der Waals surface area contributed by atoms with E-state index in [1.807, 2.05) is 0 Å². The van der Waals surface area contributed by atoms with Gasteiger partial charge in [-0.1, -0.05) is 0 Å². The summed E-state index contributed by atoms with van der Waals surface area (Å²) >= 11 is 0. The van der Waals surface area contributed by atoms with E-state index in [1.165, 1.54) is 6.07 Å². The highest BCUT2D eigenvalue weighted by Crippen LogP contribution is 1.95. The average molecular weight is 110 g/mol. The van der Waals surface area contributed by atoms with Crippen LogP contribution in [0.25, 0.3) is 0 Å². The molecular formula is C6H5FN. The van der Waals surface area contributed by atoms with E-state index < -0.39 is 0 Å². The molecule has 1 heterocycles. The molecule has 1 aromatic heterocycles. The van der Waals surface area contributed by atoms with Crippen molar-refractivity contribution in [2.24, 2.45) is 0 Å². The van der Waals surface area contributed by atoms with E-state index >= 15 is 0 Å². The molecule has 0 aliphatic carbocycles.